The molecule has 0 bridgehead atoms. The number of hydrogen-bond donors (Lipinski definition) is 0. The van der Waals surface area contributed by atoms with Crippen LogP contribution in [-0.4, -0.2) is 58.9 Å². The van der Waals surface area contributed by atoms with Crippen molar-refractivity contribution in [2.45, 2.75) is 39.3 Å². The molecule has 2 aliphatic rings. The van der Waals surface area contributed by atoms with Gasteiger partial charge < -0.3 is 14.0 Å². The Morgan fingerprint density at radius 1 is 1.18 bits per heavy atom. The van der Waals surface area contributed by atoms with E-state index < -0.39 is 24.4 Å². The van der Waals surface area contributed by atoms with E-state index in [4.69, 9.17) is 9.47 Å². The Morgan fingerprint density at radius 2 is 1.94 bits per heavy atom. The third kappa shape index (κ3) is 4.26. The van der Waals surface area contributed by atoms with Gasteiger partial charge in [-0.15, -0.1) is 6.58 Å². The van der Waals surface area contributed by atoms with E-state index in [0.29, 0.717) is 12.1 Å². The van der Waals surface area contributed by atoms with Crippen molar-refractivity contribution in [1.29, 1.82) is 0 Å². The molecule has 8 nitrogen and oxygen atoms in total. The molecule has 1 aromatic heterocycles. The van der Waals surface area contributed by atoms with Gasteiger partial charge in [0.05, 0.1) is 22.8 Å². The molecule has 1 fully saturated rings. The molecule has 2 amide bonds. The van der Waals surface area contributed by atoms with Crippen molar-refractivity contribution in [3.63, 3.8) is 0 Å². The van der Waals surface area contributed by atoms with Crippen molar-refractivity contribution in [1.82, 2.24) is 9.47 Å². The van der Waals surface area contributed by atoms with E-state index in [2.05, 4.69) is 11.1 Å². The van der Waals surface area contributed by atoms with Crippen LogP contribution in [0.2, 0.25) is 0 Å². The van der Waals surface area contributed by atoms with Gasteiger partial charge in [0.25, 0.3) is 11.8 Å². The van der Waals surface area contributed by atoms with Gasteiger partial charge in [0.15, 0.2) is 6.61 Å². The van der Waals surface area contributed by atoms with Gasteiger partial charge in [-0.2, -0.15) is 0 Å². The fraction of sp³-hybridized carbons (Fsp3) is 0.360. The molecule has 1 aromatic carbocycles. The number of amides is 2. The van der Waals surface area contributed by atoms with Crippen molar-refractivity contribution in [2.75, 3.05) is 19.8 Å². The van der Waals surface area contributed by atoms with E-state index in [1.807, 2.05) is 13.8 Å². The molecule has 0 saturated carbocycles. The van der Waals surface area contributed by atoms with Gasteiger partial charge in [-0.1, -0.05) is 6.08 Å². The second-order valence-corrected chi connectivity index (χ2v) is 8.30. The molecule has 0 N–H and O–H groups in total. The van der Waals surface area contributed by atoms with Crippen LogP contribution in [0.25, 0.3) is 0 Å². The minimum Gasteiger partial charge on any atom is -0.454 e. The maximum Gasteiger partial charge on any atom is 0.338 e. The fourth-order valence-electron chi connectivity index (χ4n) is 4.36. The molecule has 4 rings (SSSR count). The van der Waals surface area contributed by atoms with Crippen molar-refractivity contribution in [3.05, 3.63) is 70.6 Å². The van der Waals surface area contributed by atoms with Crippen LogP contribution in [0.4, 0.5) is 0 Å². The highest BCUT2D eigenvalue weighted by Gasteiger charge is 2.35. The summed E-state index contributed by atoms with van der Waals surface area (Å²) < 4.78 is 13.0. The number of benzene rings is 1. The minimum atomic E-state index is -0.735. The highest BCUT2D eigenvalue weighted by molar-refractivity contribution is 6.22. The molecule has 172 valence electrons. The summed E-state index contributed by atoms with van der Waals surface area (Å²) in [6.07, 6.45) is 3.64. The van der Waals surface area contributed by atoms with Gasteiger partial charge >= 0.3 is 5.97 Å². The van der Waals surface area contributed by atoms with Crippen molar-refractivity contribution in [2.24, 2.45) is 0 Å². The number of esters is 1. The van der Waals surface area contributed by atoms with Crippen LogP contribution in [0.1, 0.15) is 65.7 Å². The van der Waals surface area contributed by atoms with Gasteiger partial charge in [-0.05, 0) is 51.0 Å². The number of imide groups is 1. The molecular formula is C25H26N2O6. The predicted octanol–water partition coefficient (Wildman–Crippen LogP) is 3.11. The van der Waals surface area contributed by atoms with Crippen molar-refractivity contribution in [3.8, 4) is 0 Å². The first-order chi connectivity index (χ1) is 15.8. The van der Waals surface area contributed by atoms with E-state index in [0.717, 1.165) is 35.7 Å². The van der Waals surface area contributed by atoms with E-state index in [-0.39, 0.29) is 35.1 Å². The standard InChI is InChI=1S/C25H26N2O6/c1-4-9-26-23(29)19-8-7-17(12-21(19)24(26)30)25(31)33-14-22(28)20-11-15(2)27(16(20)3)13-18-6-5-10-32-18/h4,7-8,11-12,18H,1,5-6,9-10,13-14H2,2-3H3/t18-/m0/s1. The topological polar surface area (TPSA) is 94.9 Å². The minimum absolute atomic E-state index is 0.0892. The summed E-state index contributed by atoms with van der Waals surface area (Å²) in [6.45, 7) is 8.47. The Hall–Kier alpha value is -3.52. The number of fused-ring (bicyclic) bond motifs is 1. The third-order valence-corrected chi connectivity index (χ3v) is 6.14. The monoisotopic (exact) mass is 450 g/mol. The lowest BCUT2D eigenvalue weighted by Crippen LogP contribution is -2.29. The maximum atomic E-state index is 12.8. The van der Waals surface area contributed by atoms with Gasteiger partial charge in [0.2, 0.25) is 5.78 Å². The van der Waals surface area contributed by atoms with Gasteiger partial charge in [0.1, 0.15) is 0 Å². The average molecular weight is 450 g/mol. The molecule has 1 saturated heterocycles. The summed E-state index contributed by atoms with van der Waals surface area (Å²) in [4.78, 5) is 51.1. The zero-order valence-electron chi connectivity index (χ0n) is 18.8. The van der Waals surface area contributed by atoms with Gasteiger partial charge in [-0.3, -0.25) is 19.3 Å². The number of rotatable bonds is 8. The van der Waals surface area contributed by atoms with Crippen LogP contribution in [0.15, 0.2) is 36.9 Å². The highest BCUT2D eigenvalue weighted by Crippen LogP contribution is 2.25. The van der Waals surface area contributed by atoms with Crippen molar-refractivity contribution >= 4 is 23.6 Å². The smallest absolute Gasteiger partial charge is 0.338 e. The first kappa shape index (κ1) is 22.7. The molecule has 8 heteroatoms. The lowest BCUT2D eigenvalue weighted by Gasteiger charge is -2.14. The third-order valence-electron chi connectivity index (χ3n) is 6.14. The summed E-state index contributed by atoms with van der Waals surface area (Å²) in [6, 6.07) is 5.98. The van der Waals surface area contributed by atoms with Crippen LogP contribution in [0.5, 0.6) is 0 Å². The SMILES string of the molecule is C=CCN1C(=O)c2ccc(C(=O)OCC(=O)c3cc(C)n(C[C@@H]4CCCO4)c3C)cc2C1=O. The maximum absolute atomic E-state index is 12.8. The first-order valence-electron chi connectivity index (χ1n) is 10.9. The number of carbonyl (C=O) groups is 4. The van der Waals surface area contributed by atoms with Crippen LogP contribution < -0.4 is 0 Å². The Labute approximate surface area is 191 Å². The number of carbonyl (C=O) groups excluding carboxylic acids is 4. The molecule has 0 unspecified atom stereocenters. The Morgan fingerprint density at radius 3 is 2.64 bits per heavy atom. The lowest BCUT2D eigenvalue weighted by atomic mass is 10.1. The fourth-order valence-corrected chi connectivity index (χ4v) is 4.36. The zero-order chi connectivity index (χ0) is 23.7. The lowest BCUT2D eigenvalue weighted by molar-refractivity contribution is 0.0474. The zero-order valence-corrected chi connectivity index (χ0v) is 18.8. The highest BCUT2D eigenvalue weighted by atomic mass is 16.5. The van der Waals surface area contributed by atoms with E-state index in [9.17, 15) is 19.2 Å². The predicted molar refractivity (Wildman–Crippen MR) is 119 cm³/mol. The van der Waals surface area contributed by atoms with E-state index >= 15 is 0 Å². The Kier molecular flexibility index (Phi) is 6.29. The summed E-state index contributed by atoms with van der Waals surface area (Å²) in [7, 11) is 0. The molecule has 0 aliphatic carbocycles. The van der Waals surface area contributed by atoms with E-state index in [1.165, 1.54) is 24.3 Å². The summed E-state index contributed by atoms with van der Waals surface area (Å²) >= 11 is 0. The van der Waals surface area contributed by atoms with E-state index in [1.54, 1.807) is 6.07 Å². The average Bonchev–Trinajstić information content (AvgIpc) is 3.48. The number of aromatic nitrogens is 1. The number of hydrogen-bond acceptors (Lipinski definition) is 6. The Bertz CT molecular complexity index is 1160. The van der Waals surface area contributed by atoms with Crippen LogP contribution >= 0.6 is 0 Å². The quantitative estimate of drug-likeness (QED) is 0.265. The molecule has 1 atom stereocenters. The Balaban J connectivity index is 1.43. The largest absolute Gasteiger partial charge is 0.454 e. The summed E-state index contributed by atoms with van der Waals surface area (Å²) in [5, 5.41) is 0. The summed E-state index contributed by atoms with van der Waals surface area (Å²) in [5.41, 5.74) is 2.74. The van der Waals surface area contributed by atoms with Crippen LogP contribution in [-0.2, 0) is 16.0 Å². The van der Waals surface area contributed by atoms with Crippen LogP contribution in [0.3, 0.4) is 0 Å². The van der Waals surface area contributed by atoms with Gasteiger partial charge in [0, 0.05) is 36.6 Å². The number of ketones is 1. The van der Waals surface area contributed by atoms with Crippen molar-refractivity contribution < 1.29 is 28.7 Å². The molecule has 0 radical (unpaired) electrons. The second-order valence-electron chi connectivity index (χ2n) is 8.30. The van der Waals surface area contributed by atoms with Crippen LogP contribution in [0, 0.1) is 13.8 Å². The summed E-state index contributed by atoms with van der Waals surface area (Å²) in [5.74, 6) is -1.95. The molecular weight excluding hydrogens is 424 g/mol. The molecule has 0 spiro atoms. The number of nitrogens with zero attached hydrogens (tertiary/aromatic N) is 2. The molecule has 3 heterocycles. The second kappa shape index (κ2) is 9.15. The first-order valence-corrected chi connectivity index (χ1v) is 10.9. The molecule has 2 aliphatic heterocycles. The number of aryl methyl sites for hydroxylation is 1. The van der Waals surface area contributed by atoms with Gasteiger partial charge in [-0.25, -0.2) is 4.79 Å². The number of ether oxygens (including phenoxy) is 2. The molecule has 2 aromatic rings. The molecule has 33 heavy (non-hydrogen) atoms. The normalized spacial score (nSPS) is 17.4. The number of Topliss-reactive ketones (excluding diaryl/α,β-unsaturated/α-hetero) is 1.